The highest BCUT2D eigenvalue weighted by Gasteiger charge is 2.16. The van der Waals surface area contributed by atoms with Crippen LogP contribution in [0.1, 0.15) is 37.5 Å². The molecule has 0 atom stereocenters. The molecule has 102 valence electrons. The van der Waals surface area contributed by atoms with Crippen molar-refractivity contribution in [3.05, 3.63) is 65.2 Å². The first-order valence-corrected chi connectivity index (χ1v) is 6.63. The maximum Gasteiger partial charge on any atom is 0.119 e. The van der Waals surface area contributed by atoms with E-state index in [1.807, 2.05) is 18.2 Å². The summed E-state index contributed by atoms with van der Waals surface area (Å²) in [7, 11) is 0. The van der Waals surface area contributed by atoms with Crippen molar-refractivity contribution in [2.45, 2.75) is 40.0 Å². The summed E-state index contributed by atoms with van der Waals surface area (Å²) in [5, 5.41) is 9.45. The van der Waals surface area contributed by atoms with Crippen LogP contribution in [0.5, 0.6) is 5.75 Å². The predicted octanol–water partition coefficient (Wildman–Crippen LogP) is 4.99. The van der Waals surface area contributed by atoms with Crippen LogP contribution in [0.4, 0.5) is 0 Å². The van der Waals surface area contributed by atoms with Crippen LogP contribution in [0.3, 0.4) is 0 Å². The molecule has 0 saturated carbocycles. The Morgan fingerprint density at radius 1 is 0.737 bits per heavy atom. The van der Waals surface area contributed by atoms with Crippen molar-refractivity contribution < 1.29 is 5.11 Å². The Hall–Kier alpha value is -1.76. The van der Waals surface area contributed by atoms with E-state index < -0.39 is 0 Å². The van der Waals surface area contributed by atoms with Crippen LogP contribution in [-0.4, -0.2) is 5.11 Å². The molecular weight excluding hydrogens is 232 g/mol. The highest BCUT2D eigenvalue weighted by molar-refractivity contribution is 5.36. The standard InChI is InChI=1S/C10H14O.C8H10/c1-10(2,3)8-6-4-5-7-9(8)11;1-7-5-3-4-6-8(7)2/h4-7,11H,1-3H3;3-6H,1-2H3. The fraction of sp³-hybridized carbons (Fsp3) is 0.333. The van der Waals surface area contributed by atoms with Gasteiger partial charge in [0.05, 0.1) is 0 Å². The summed E-state index contributed by atoms with van der Waals surface area (Å²) < 4.78 is 0. The number of aromatic hydroxyl groups is 1. The molecule has 0 unspecified atom stereocenters. The molecule has 0 heterocycles. The first-order valence-electron chi connectivity index (χ1n) is 6.63. The van der Waals surface area contributed by atoms with Gasteiger partial charge in [0.2, 0.25) is 0 Å². The van der Waals surface area contributed by atoms with Crippen LogP contribution in [0, 0.1) is 13.8 Å². The van der Waals surface area contributed by atoms with Gasteiger partial charge in [-0.1, -0.05) is 63.2 Å². The van der Waals surface area contributed by atoms with E-state index in [0.29, 0.717) is 5.75 Å². The average Bonchev–Trinajstić information content (AvgIpc) is 2.33. The molecule has 0 aliphatic carbocycles. The van der Waals surface area contributed by atoms with Crippen molar-refractivity contribution >= 4 is 0 Å². The van der Waals surface area contributed by atoms with Crippen LogP contribution in [0.2, 0.25) is 0 Å². The number of para-hydroxylation sites is 1. The second kappa shape index (κ2) is 6.42. The first-order chi connectivity index (χ1) is 8.82. The SMILES string of the molecule is CC(C)(C)c1ccccc1O.Cc1ccccc1C. The second-order valence-corrected chi connectivity index (χ2v) is 5.85. The van der Waals surface area contributed by atoms with Gasteiger partial charge in [-0.3, -0.25) is 0 Å². The molecule has 19 heavy (non-hydrogen) atoms. The van der Waals surface area contributed by atoms with Crippen LogP contribution in [-0.2, 0) is 5.41 Å². The highest BCUT2D eigenvalue weighted by Crippen LogP contribution is 2.29. The maximum absolute atomic E-state index is 9.45. The fourth-order valence-electron chi connectivity index (χ4n) is 1.77. The quantitative estimate of drug-likeness (QED) is 0.703. The first kappa shape index (κ1) is 15.3. The Morgan fingerprint density at radius 2 is 1.16 bits per heavy atom. The van der Waals surface area contributed by atoms with E-state index in [0.717, 1.165) is 5.56 Å². The number of phenolic OH excluding ortho intramolecular Hbond substituents is 1. The van der Waals surface area contributed by atoms with Gasteiger partial charge in [0.1, 0.15) is 5.75 Å². The minimum absolute atomic E-state index is 0.0331. The van der Waals surface area contributed by atoms with Crippen molar-refractivity contribution in [3.8, 4) is 5.75 Å². The topological polar surface area (TPSA) is 20.2 Å². The molecule has 1 N–H and O–H groups in total. The van der Waals surface area contributed by atoms with Crippen LogP contribution < -0.4 is 0 Å². The van der Waals surface area contributed by atoms with Crippen LogP contribution >= 0.6 is 0 Å². The van der Waals surface area contributed by atoms with Gasteiger partial charge in [0, 0.05) is 0 Å². The Labute approximate surface area is 116 Å². The summed E-state index contributed by atoms with van der Waals surface area (Å²) in [5.74, 6) is 0.389. The molecule has 0 fully saturated rings. The summed E-state index contributed by atoms with van der Waals surface area (Å²) >= 11 is 0. The third-order valence-electron chi connectivity index (χ3n) is 3.14. The zero-order valence-electron chi connectivity index (χ0n) is 12.6. The molecule has 0 spiro atoms. The molecule has 0 amide bonds. The van der Waals surface area contributed by atoms with E-state index in [4.69, 9.17) is 0 Å². The Kier molecular flexibility index (Phi) is 5.17. The molecule has 0 aliphatic heterocycles. The van der Waals surface area contributed by atoms with E-state index in [2.05, 4.69) is 58.9 Å². The lowest BCUT2D eigenvalue weighted by atomic mass is 9.86. The number of aryl methyl sites for hydroxylation is 2. The van der Waals surface area contributed by atoms with E-state index in [9.17, 15) is 5.11 Å². The van der Waals surface area contributed by atoms with Gasteiger partial charge in [-0.15, -0.1) is 0 Å². The van der Waals surface area contributed by atoms with Gasteiger partial charge in [-0.25, -0.2) is 0 Å². The fourth-order valence-corrected chi connectivity index (χ4v) is 1.77. The number of phenols is 1. The lowest BCUT2D eigenvalue weighted by Crippen LogP contribution is -2.10. The van der Waals surface area contributed by atoms with Gasteiger partial charge in [0.25, 0.3) is 0 Å². The lowest BCUT2D eigenvalue weighted by molar-refractivity contribution is 0.447. The molecule has 1 heteroatoms. The molecule has 0 bridgehead atoms. The zero-order chi connectivity index (χ0) is 14.5. The third kappa shape index (κ3) is 4.78. The van der Waals surface area contributed by atoms with Crippen molar-refractivity contribution in [1.29, 1.82) is 0 Å². The molecule has 0 saturated heterocycles. The van der Waals surface area contributed by atoms with Gasteiger partial charge in [0.15, 0.2) is 0 Å². The van der Waals surface area contributed by atoms with Crippen molar-refractivity contribution in [2.75, 3.05) is 0 Å². The number of hydrogen-bond acceptors (Lipinski definition) is 1. The summed E-state index contributed by atoms with van der Waals surface area (Å²) in [4.78, 5) is 0. The molecule has 1 nitrogen and oxygen atoms in total. The molecular formula is C18H24O. The molecule has 2 rings (SSSR count). The summed E-state index contributed by atoms with van der Waals surface area (Å²) in [6.07, 6.45) is 0. The Bertz CT molecular complexity index is 500. The Morgan fingerprint density at radius 3 is 1.47 bits per heavy atom. The molecule has 2 aromatic rings. The van der Waals surface area contributed by atoms with Gasteiger partial charge in [-0.05, 0) is 42.0 Å². The van der Waals surface area contributed by atoms with Crippen molar-refractivity contribution in [2.24, 2.45) is 0 Å². The van der Waals surface area contributed by atoms with Crippen LogP contribution in [0.25, 0.3) is 0 Å². The predicted molar refractivity (Wildman–Crippen MR) is 82.7 cm³/mol. The minimum atomic E-state index is 0.0331. The monoisotopic (exact) mass is 256 g/mol. The lowest BCUT2D eigenvalue weighted by Gasteiger charge is -2.19. The average molecular weight is 256 g/mol. The van der Waals surface area contributed by atoms with E-state index in [1.54, 1.807) is 6.07 Å². The molecule has 0 aliphatic rings. The van der Waals surface area contributed by atoms with E-state index >= 15 is 0 Å². The smallest absolute Gasteiger partial charge is 0.119 e. The number of hydrogen-bond donors (Lipinski definition) is 1. The van der Waals surface area contributed by atoms with Crippen LogP contribution in [0.15, 0.2) is 48.5 Å². The molecule has 2 aromatic carbocycles. The van der Waals surface area contributed by atoms with Gasteiger partial charge in [-0.2, -0.15) is 0 Å². The highest BCUT2D eigenvalue weighted by atomic mass is 16.3. The van der Waals surface area contributed by atoms with E-state index in [1.165, 1.54) is 11.1 Å². The second-order valence-electron chi connectivity index (χ2n) is 5.85. The van der Waals surface area contributed by atoms with Crippen molar-refractivity contribution in [3.63, 3.8) is 0 Å². The molecule has 0 radical (unpaired) electrons. The summed E-state index contributed by atoms with van der Waals surface area (Å²) in [5.41, 5.74) is 3.77. The van der Waals surface area contributed by atoms with E-state index in [-0.39, 0.29) is 5.41 Å². The third-order valence-corrected chi connectivity index (χ3v) is 3.14. The van der Waals surface area contributed by atoms with Gasteiger partial charge >= 0.3 is 0 Å². The zero-order valence-corrected chi connectivity index (χ0v) is 12.6. The maximum atomic E-state index is 9.45. The minimum Gasteiger partial charge on any atom is -0.508 e. The largest absolute Gasteiger partial charge is 0.508 e. The van der Waals surface area contributed by atoms with Gasteiger partial charge < -0.3 is 5.11 Å². The summed E-state index contributed by atoms with van der Waals surface area (Å²) in [6.45, 7) is 10.5. The summed E-state index contributed by atoms with van der Waals surface area (Å²) in [6, 6.07) is 15.8. The van der Waals surface area contributed by atoms with Crippen molar-refractivity contribution in [1.82, 2.24) is 0 Å². The Balaban J connectivity index is 0.000000200. The normalized spacial score (nSPS) is 10.6. The molecule has 0 aromatic heterocycles. The number of rotatable bonds is 0. The number of benzene rings is 2.